The fourth-order valence-electron chi connectivity index (χ4n) is 2.51. The van der Waals surface area contributed by atoms with Crippen LogP contribution in [0.5, 0.6) is 0 Å². The zero-order chi connectivity index (χ0) is 18.2. The van der Waals surface area contributed by atoms with E-state index >= 15 is 0 Å². The molecule has 0 amide bonds. The summed E-state index contributed by atoms with van der Waals surface area (Å²) < 4.78 is 0. The van der Waals surface area contributed by atoms with E-state index in [1.807, 2.05) is 30.3 Å². The third-order valence-corrected chi connectivity index (χ3v) is 3.55. The minimum absolute atomic E-state index is 0.543. The van der Waals surface area contributed by atoms with Crippen molar-refractivity contribution in [3.63, 3.8) is 0 Å². The van der Waals surface area contributed by atoms with Crippen LogP contribution in [-0.2, 0) is 0 Å². The van der Waals surface area contributed by atoms with Crippen molar-refractivity contribution in [3.05, 3.63) is 89.9 Å². The number of anilines is 3. The molecule has 0 spiro atoms. The average molecular weight is 343 g/mol. The Bertz CT molecular complexity index is 896. The normalized spacial score (nSPS) is 11.2. The summed E-state index contributed by atoms with van der Waals surface area (Å²) in [6.45, 7) is 4.13. The smallest absolute Gasteiger partial charge is 0.229 e. The maximum atomic E-state index is 4.45. The van der Waals surface area contributed by atoms with Crippen molar-refractivity contribution in [2.24, 2.45) is 4.99 Å². The number of aliphatic imine (C=N–C) groups is 1. The van der Waals surface area contributed by atoms with Crippen molar-refractivity contribution in [2.75, 3.05) is 10.6 Å². The maximum Gasteiger partial charge on any atom is 0.229 e. The Labute approximate surface area is 153 Å². The number of aromatic nitrogens is 2. The van der Waals surface area contributed by atoms with Gasteiger partial charge >= 0.3 is 0 Å². The van der Waals surface area contributed by atoms with Crippen molar-refractivity contribution in [3.8, 4) is 0 Å². The van der Waals surface area contributed by atoms with Gasteiger partial charge in [-0.1, -0.05) is 36.4 Å². The molecule has 0 aliphatic rings. The van der Waals surface area contributed by atoms with Gasteiger partial charge in [0.15, 0.2) is 0 Å². The first kappa shape index (κ1) is 17.4. The molecule has 0 bridgehead atoms. The lowest BCUT2D eigenvalue weighted by Gasteiger charge is -2.08. The zero-order valence-electron chi connectivity index (χ0n) is 14.8. The molecule has 3 aromatic rings. The first-order chi connectivity index (χ1) is 12.7. The van der Waals surface area contributed by atoms with Gasteiger partial charge in [-0.15, -0.1) is 0 Å². The van der Waals surface area contributed by atoms with Crippen molar-refractivity contribution in [1.29, 1.82) is 0 Å². The quantitative estimate of drug-likeness (QED) is 0.629. The fourth-order valence-corrected chi connectivity index (χ4v) is 2.51. The minimum Gasteiger partial charge on any atom is -0.345 e. The summed E-state index contributed by atoms with van der Waals surface area (Å²) in [5.74, 6) is 1.24. The number of benzene rings is 2. The molecule has 5 heteroatoms. The Morgan fingerprint density at radius 3 is 2.50 bits per heavy atom. The highest BCUT2D eigenvalue weighted by atomic mass is 15.1. The summed E-state index contributed by atoms with van der Waals surface area (Å²) in [4.78, 5) is 12.9. The number of hydrogen-bond acceptors (Lipinski definition) is 5. The van der Waals surface area contributed by atoms with Crippen LogP contribution in [0.25, 0.3) is 0 Å². The molecule has 26 heavy (non-hydrogen) atoms. The Morgan fingerprint density at radius 1 is 0.962 bits per heavy atom. The summed E-state index contributed by atoms with van der Waals surface area (Å²) in [5.41, 5.74) is 4.42. The molecule has 0 atom stereocenters. The summed E-state index contributed by atoms with van der Waals surface area (Å²) in [6, 6.07) is 18.0. The van der Waals surface area contributed by atoms with Crippen LogP contribution >= 0.6 is 0 Å². The second-order valence-corrected chi connectivity index (χ2v) is 5.92. The lowest BCUT2D eigenvalue weighted by atomic mass is 10.1. The maximum absolute atomic E-state index is 4.45. The van der Waals surface area contributed by atoms with E-state index in [9.17, 15) is 0 Å². The van der Waals surface area contributed by atoms with Gasteiger partial charge in [-0.25, -0.2) is 4.98 Å². The molecular formula is C21H21N5. The summed E-state index contributed by atoms with van der Waals surface area (Å²) in [6.07, 6.45) is 6.93. The van der Waals surface area contributed by atoms with E-state index < -0.39 is 0 Å². The summed E-state index contributed by atoms with van der Waals surface area (Å²) in [7, 11) is 0. The van der Waals surface area contributed by atoms with Crippen molar-refractivity contribution in [1.82, 2.24) is 9.97 Å². The SMILES string of the molecule is Cc1cc(C)cc(Nc2nccc(N/C=C\N=Cc3ccccc3)n2)c1. The van der Waals surface area contributed by atoms with Crippen LogP contribution in [0.3, 0.4) is 0 Å². The van der Waals surface area contributed by atoms with E-state index in [0.717, 1.165) is 11.3 Å². The molecule has 0 radical (unpaired) electrons. The van der Waals surface area contributed by atoms with Crippen molar-refractivity contribution < 1.29 is 0 Å². The molecular weight excluding hydrogens is 322 g/mol. The topological polar surface area (TPSA) is 62.2 Å². The van der Waals surface area contributed by atoms with Gasteiger partial charge in [0.25, 0.3) is 0 Å². The van der Waals surface area contributed by atoms with E-state index in [1.54, 1.807) is 30.9 Å². The van der Waals surface area contributed by atoms with Gasteiger partial charge in [-0.05, 0) is 48.7 Å². The molecule has 3 rings (SSSR count). The van der Waals surface area contributed by atoms with Crippen LogP contribution in [0, 0.1) is 13.8 Å². The van der Waals surface area contributed by atoms with Gasteiger partial charge in [0, 0.05) is 30.5 Å². The van der Waals surface area contributed by atoms with E-state index in [2.05, 4.69) is 57.6 Å². The lowest BCUT2D eigenvalue weighted by Crippen LogP contribution is -2.00. The molecule has 5 nitrogen and oxygen atoms in total. The second-order valence-electron chi connectivity index (χ2n) is 5.92. The molecule has 130 valence electrons. The van der Waals surface area contributed by atoms with Crippen molar-refractivity contribution in [2.45, 2.75) is 13.8 Å². The average Bonchev–Trinajstić information content (AvgIpc) is 2.62. The standard InChI is InChI=1S/C21H21N5/c1-16-12-17(2)14-19(13-16)25-21-24-9-8-20(26-21)23-11-10-22-15-18-6-4-3-5-7-18/h3-15H,1-2H3,(H2,23,24,25,26)/b11-10-,22-15?. The van der Waals surface area contributed by atoms with Crippen LogP contribution in [0.2, 0.25) is 0 Å². The van der Waals surface area contributed by atoms with Gasteiger partial charge in [-0.3, -0.25) is 4.99 Å². The number of nitrogens with zero attached hydrogens (tertiary/aromatic N) is 3. The van der Waals surface area contributed by atoms with E-state index in [0.29, 0.717) is 11.8 Å². The summed E-state index contributed by atoms with van der Waals surface area (Å²) >= 11 is 0. The van der Waals surface area contributed by atoms with Crippen molar-refractivity contribution >= 4 is 23.7 Å². The highest BCUT2D eigenvalue weighted by molar-refractivity contribution is 5.79. The van der Waals surface area contributed by atoms with Gasteiger partial charge in [-0.2, -0.15) is 4.98 Å². The van der Waals surface area contributed by atoms with Crippen LogP contribution in [-0.4, -0.2) is 16.2 Å². The zero-order valence-corrected chi connectivity index (χ0v) is 14.8. The van der Waals surface area contributed by atoms with Crippen LogP contribution in [0.4, 0.5) is 17.5 Å². The van der Waals surface area contributed by atoms with Gasteiger partial charge in [0.2, 0.25) is 5.95 Å². The van der Waals surface area contributed by atoms with E-state index in [4.69, 9.17) is 0 Å². The van der Waals surface area contributed by atoms with E-state index in [-0.39, 0.29) is 0 Å². The largest absolute Gasteiger partial charge is 0.345 e. The first-order valence-electron chi connectivity index (χ1n) is 8.37. The molecule has 2 aromatic carbocycles. The lowest BCUT2D eigenvalue weighted by molar-refractivity contribution is 1.16. The molecule has 0 unspecified atom stereocenters. The predicted molar refractivity (Wildman–Crippen MR) is 108 cm³/mol. The summed E-state index contributed by atoms with van der Waals surface area (Å²) in [5, 5.41) is 6.33. The number of aryl methyl sites for hydroxylation is 2. The molecule has 0 saturated heterocycles. The van der Waals surface area contributed by atoms with Crippen LogP contribution < -0.4 is 10.6 Å². The molecule has 0 fully saturated rings. The number of nitrogens with one attached hydrogen (secondary N) is 2. The highest BCUT2D eigenvalue weighted by Gasteiger charge is 2.00. The Hall–Kier alpha value is -3.47. The van der Waals surface area contributed by atoms with Gasteiger partial charge in [0.05, 0.1) is 0 Å². The van der Waals surface area contributed by atoms with Gasteiger partial charge < -0.3 is 10.6 Å². The third-order valence-electron chi connectivity index (χ3n) is 3.55. The Morgan fingerprint density at radius 2 is 1.73 bits per heavy atom. The van der Waals surface area contributed by atoms with Crippen LogP contribution in [0.1, 0.15) is 16.7 Å². The molecule has 1 heterocycles. The molecule has 0 aliphatic carbocycles. The fraction of sp³-hybridized carbons (Fsp3) is 0.0952. The Balaban J connectivity index is 1.60. The highest BCUT2D eigenvalue weighted by Crippen LogP contribution is 2.17. The van der Waals surface area contributed by atoms with Crippen LogP contribution in [0.15, 0.2) is 78.2 Å². The van der Waals surface area contributed by atoms with E-state index in [1.165, 1.54) is 11.1 Å². The van der Waals surface area contributed by atoms with Gasteiger partial charge in [0.1, 0.15) is 5.82 Å². The third kappa shape index (κ3) is 5.27. The number of rotatable bonds is 6. The Kier molecular flexibility index (Phi) is 5.72. The molecule has 0 aliphatic heterocycles. The molecule has 1 aromatic heterocycles. The molecule has 0 saturated carbocycles. The first-order valence-corrected chi connectivity index (χ1v) is 8.37. The second kappa shape index (κ2) is 8.58. The monoisotopic (exact) mass is 343 g/mol. The minimum atomic E-state index is 0.543. The predicted octanol–water partition coefficient (Wildman–Crippen LogP) is 4.84. The molecule has 2 N–H and O–H groups in total. The number of hydrogen-bond donors (Lipinski definition) is 2.